The molecule has 0 spiro atoms. The normalized spacial score (nSPS) is 34.8. The highest BCUT2D eigenvalue weighted by Gasteiger charge is 2.39. The summed E-state index contributed by atoms with van der Waals surface area (Å²) in [5, 5.41) is 9.61. The van der Waals surface area contributed by atoms with Crippen LogP contribution in [0.1, 0.15) is 33.1 Å². The second kappa shape index (κ2) is 8.55. The summed E-state index contributed by atoms with van der Waals surface area (Å²) in [5.41, 5.74) is 1.12. The van der Waals surface area contributed by atoms with Crippen LogP contribution in [0.4, 0.5) is 0 Å². The number of hydrogen-bond acceptors (Lipinski definition) is 6. The molecule has 0 saturated carbocycles. The van der Waals surface area contributed by atoms with Crippen LogP contribution in [0.5, 0.6) is 0 Å². The zero-order valence-electron chi connectivity index (χ0n) is 17.0. The van der Waals surface area contributed by atoms with Crippen molar-refractivity contribution in [1.29, 1.82) is 0 Å². The second-order valence-corrected chi connectivity index (χ2v) is 7.90. The van der Waals surface area contributed by atoms with Crippen molar-refractivity contribution in [3.05, 3.63) is 46.8 Å². The molecule has 1 saturated heterocycles. The van der Waals surface area contributed by atoms with E-state index in [-0.39, 0.29) is 34.9 Å². The van der Waals surface area contributed by atoms with Crippen LogP contribution in [0, 0.1) is 0 Å². The van der Waals surface area contributed by atoms with E-state index in [0.717, 1.165) is 19.1 Å². The van der Waals surface area contributed by atoms with Crippen molar-refractivity contribution < 1.29 is 24.2 Å². The molecular weight excluding hydrogens is 358 g/mol. The lowest BCUT2D eigenvalue weighted by Crippen LogP contribution is -2.40. The van der Waals surface area contributed by atoms with Gasteiger partial charge in [0.15, 0.2) is 11.6 Å². The molecule has 1 aliphatic carbocycles. The monoisotopic (exact) mass is 387 g/mol. The molecule has 3 aliphatic rings. The number of nitrogens with zero attached hydrogens (tertiary/aromatic N) is 1. The van der Waals surface area contributed by atoms with Crippen LogP contribution < -0.4 is 0 Å². The van der Waals surface area contributed by atoms with Gasteiger partial charge in [0.1, 0.15) is 0 Å². The van der Waals surface area contributed by atoms with E-state index >= 15 is 0 Å². The van der Waals surface area contributed by atoms with Crippen molar-refractivity contribution in [2.24, 2.45) is 0 Å². The van der Waals surface area contributed by atoms with Gasteiger partial charge in [0.25, 0.3) is 0 Å². The first-order chi connectivity index (χ1) is 13.3. The standard InChI is InChI=1S/C22H29NO5/c1-13-10-15(23(3)4)11-16(28-13)6-5-7-17-19(12-24)22(26)20-14(2)27-9-8-18(20)21(17)25/h5-7,12-16,24H,8-11H2,1-4H3/b6-5+,17-7+,19-12-/t13?,14?,15-,16?/m0/s1. The summed E-state index contributed by atoms with van der Waals surface area (Å²) in [7, 11) is 4.13. The molecule has 152 valence electrons. The molecule has 28 heavy (non-hydrogen) atoms. The summed E-state index contributed by atoms with van der Waals surface area (Å²) in [6, 6.07) is 0.438. The van der Waals surface area contributed by atoms with Gasteiger partial charge in [0.05, 0.1) is 36.8 Å². The van der Waals surface area contributed by atoms with Crippen molar-refractivity contribution in [2.45, 2.75) is 57.5 Å². The molecule has 3 rings (SSSR count). The van der Waals surface area contributed by atoms with Crippen LogP contribution in [0.3, 0.4) is 0 Å². The van der Waals surface area contributed by atoms with E-state index in [9.17, 15) is 14.7 Å². The van der Waals surface area contributed by atoms with Crippen LogP contribution >= 0.6 is 0 Å². The van der Waals surface area contributed by atoms with E-state index in [1.165, 1.54) is 0 Å². The molecule has 2 heterocycles. The largest absolute Gasteiger partial charge is 0.515 e. The Hall–Kier alpha value is -2.02. The zero-order valence-corrected chi connectivity index (χ0v) is 17.0. The van der Waals surface area contributed by atoms with Gasteiger partial charge < -0.3 is 19.5 Å². The predicted molar refractivity (Wildman–Crippen MR) is 106 cm³/mol. The highest BCUT2D eigenvalue weighted by molar-refractivity contribution is 6.30. The average Bonchev–Trinajstić information content (AvgIpc) is 2.65. The number of hydrogen-bond donors (Lipinski definition) is 1. The van der Waals surface area contributed by atoms with E-state index in [0.29, 0.717) is 30.2 Å². The number of allylic oxidation sites excluding steroid dienone is 4. The Morgan fingerprint density at radius 1 is 1.11 bits per heavy atom. The minimum Gasteiger partial charge on any atom is -0.515 e. The number of rotatable bonds is 3. The van der Waals surface area contributed by atoms with E-state index in [1.54, 1.807) is 19.1 Å². The smallest absolute Gasteiger partial charge is 0.195 e. The van der Waals surface area contributed by atoms with Gasteiger partial charge >= 0.3 is 0 Å². The van der Waals surface area contributed by atoms with Gasteiger partial charge in [-0.3, -0.25) is 9.59 Å². The summed E-state index contributed by atoms with van der Waals surface area (Å²) in [5.74, 6) is -0.544. The molecule has 1 N–H and O–H groups in total. The summed E-state index contributed by atoms with van der Waals surface area (Å²) in [6.07, 6.45) is 7.95. The van der Waals surface area contributed by atoms with Gasteiger partial charge in [-0.05, 0) is 40.8 Å². The lowest BCUT2D eigenvalue weighted by atomic mass is 9.78. The Morgan fingerprint density at radius 2 is 1.86 bits per heavy atom. The van der Waals surface area contributed by atoms with Crippen LogP contribution in [-0.2, 0) is 19.1 Å². The first-order valence-electron chi connectivity index (χ1n) is 9.82. The first-order valence-corrected chi connectivity index (χ1v) is 9.82. The Morgan fingerprint density at radius 3 is 2.54 bits per heavy atom. The summed E-state index contributed by atoms with van der Waals surface area (Å²) in [4.78, 5) is 27.9. The molecule has 3 unspecified atom stereocenters. The van der Waals surface area contributed by atoms with Crippen molar-refractivity contribution in [1.82, 2.24) is 4.90 Å². The fourth-order valence-electron chi connectivity index (χ4n) is 4.18. The molecule has 0 bridgehead atoms. The lowest BCUT2D eigenvalue weighted by Gasteiger charge is -2.36. The molecule has 6 heteroatoms. The third-order valence-corrected chi connectivity index (χ3v) is 5.71. The maximum absolute atomic E-state index is 12.9. The van der Waals surface area contributed by atoms with Crippen LogP contribution in [-0.4, -0.2) is 66.6 Å². The van der Waals surface area contributed by atoms with Crippen LogP contribution in [0.2, 0.25) is 0 Å². The summed E-state index contributed by atoms with van der Waals surface area (Å²) >= 11 is 0. The molecule has 4 atom stereocenters. The number of carbonyl (C=O) groups excluding carboxylic acids is 2. The number of aliphatic hydroxyl groups excluding tert-OH is 1. The van der Waals surface area contributed by atoms with Gasteiger partial charge in [-0.2, -0.15) is 0 Å². The number of ether oxygens (including phenoxy) is 2. The first kappa shape index (κ1) is 20.7. The van der Waals surface area contributed by atoms with Crippen molar-refractivity contribution in [2.75, 3.05) is 20.7 Å². The molecule has 2 aliphatic heterocycles. The fourth-order valence-corrected chi connectivity index (χ4v) is 4.18. The number of aliphatic hydroxyl groups is 1. The zero-order chi connectivity index (χ0) is 20.4. The average molecular weight is 387 g/mol. The number of carbonyl (C=O) groups is 2. The third-order valence-electron chi connectivity index (χ3n) is 5.71. The molecule has 0 aromatic rings. The molecule has 6 nitrogen and oxygen atoms in total. The van der Waals surface area contributed by atoms with Gasteiger partial charge in [-0.15, -0.1) is 0 Å². The maximum atomic E-state index is 12.9. The highest BCUT2D eigenvalue weighted by atomic mass is 16.5. The Balaban J connectivity index is 1.84. The van der Waals surface area contributed by atoms with Crippen molar-refractivity contribution in [3.8, 4) is 0 Å². The van der Waals surface area contributed by atoms with Crippen LogP contribution in [0.15, 0.2) is 46.8 Å². The van der Waals surface area contributed by atoms with Crippen molar-refractivity contribution >= 4 is 11.6 Å². The SMILES string of the molecule is CC1C[C@H](N(C)C)CC(/C=C/C=C2/C(=O)C3=C(C(=O)/C2=C\O)C(C)OCC3)O1. The van der Waals surface area contributed by atoms with Gasteiger partial charge in [-0.1, -0.05) is 18.2 Å². The summed E-state index contributed by atoms with van der Waals surface area (Å²) in [6.45, 7) is 4.23. The molecule has 0 amide bonds. The topological polar surface area (TPSA) is 76.1 Å². The van der Waals surface area contributed by atoms with Gasteiger partial charge in [0, 0.05) is 29.2 Å². The third kappa shape index (κ3) is 4.04. The van der Waals surface area contributed by atoms with E-state index in [4.69, 9.17) is 9.47 Å². The minimum absolute atomic E-state index is 0.0230. The summed E-state index contributed by atoms with van der Waals surface area (Å²) < 4.78 is 11.5. The lowest BCUT2D eigenvalue weighted by molar-refractivity contribution is -0.118. The quantitative estimate of drug-likeness (QED) is 0.593. The second-order valence-electron chi connectivity index (χ2n) is 7.90. The predicted octanol–water partition coefficient (Wildman–Crippen LogP) is 2.67. The molecule has 1 fully saturated rings. The van der Waals surface area contributed by atoms with Gasteiger partial charge in [0.2, 0.25) is 0 Å². The van der Waals surface area contributed by atoms with Crippen LogP contribution in [0.25, 0.3) is 0 Å². The number of Topliss-reactive ketones (excluding diaryl/α,β-unsaturated/α-hetero) is 2. The van der Waals surface area contributed by atoms with E-state index in [2.05, 4.69) is 25.9 Å². The fraction of sp³-hybridized carbons (Fsp3) is 0.545. The van der Waals surface area contributed by atoms with Gasteiger partial charge in [-0.25, -0.2) is 0 Å². The van der Waals surface area contributed by atoms with E-state index in [1.807, 2.05) is 6.08 Å². The van der Waals surface area contributed by atoms with Crippen molar-refractivity contribution in [3.63, 3.8) is 0 Å². The Labute approximate surface area is 166 Å². The molecule has 0 radical (unpaired) electrons. The molecule has 0 aromatic carbocycles. The molecule has 0 aromatic heterocycles. The molecular formula is C22H29NO5. The highest BCUT2D eigenvalue weighted by Crippen LogP contribution is 2.35. The minimum atomic E-state index is -0.438. The maximum Gasteiger partial charge on any atom is 0.195 e. The number of ketones is 2. The Bertz CT molecular complexity index is 774. The van der Waals surface area contributed by atoms with E-state index < -0.39 is 6.10 Å². The Kier molecular flexibility index (Phi) is 6.33.